The van der Waals surface area contributed by atoms with E-state index in [1.165, 1.54) is 0 Å². The van der Waals surface area contributed by atoms with E-state index in [9.17, 15) is 5.11 Å². The van der Waals surface area contributed by atoms with Gasteiger partial charge in [0, 0.05) is 38.1 Å². The fraction of sp³-hybridized carbons (Fsp3) is 0.455. The van der Waals surface area contributed by atoms with Crippen LogP contribution in [-0.4, -0.2) is 52.9 Å². The standard InChI is InChI=1S/C22H34N4O2/c1-16(2)20(25-28)10-8-7-9-17-13-18(15-24-12-11-22(3,4)27)19(23)14-21(17)26(5)6/h7-10,13-16,23-24,27-28H,11-12H2,1-6H3/b9-7+,10-8-,18-15-,23-19?,25-20-. The number of oxime groups is 1. The molecule has 0 unspecified atom stereocenters. The van der Waals surface area contributed by atoms with Crippen molar-refractivity contribution in [3.8, 4) is 0 Å². The molecule has 0 aromatic carbocycles. The molecular weight excluding hydrogens is 352 g/mol. The van der Waals surface area contributed by atoms with Crippen LogP contribution in [0.3, 0.4) is 0 Å². The molecule has 0 aliphatic heterocycles. The summed E-state index contributed by atoms with van der Waals surface area (Å²) in [4.78, 5) is 1.97. The molecular formula is C22H34N4O2. The molecule has 0 radical (unpaired) electrons. The van der Waals surface area contributed by atoms with Gasteiger partial charge in [0.15, 0.2) is 0 Å². The van der Waals surface area contributed by atoms with Gasteiger partial charge in [-0.2, -0.15) is 0 Å². The summed E-state index contributed by atoms with van der Waals surface area (Å²) in [5.74, 6) is 0.144. The number of rotatable bonds is 9. The molecule has 0 amide bonds. The molecule has 0 fully saturated rings. The molecule has 6 heteroatoms. The van der Waals surface area contributed by atoms with E-state index in [2.05, 4.69) is 10.5 Å². The number of hydrogen-bond donors (Lipinski definition) is 4. The van der Waals surface area contributed by atoms with Gasteiger partial charge in [0.2, 0.25) is 0 Å². The van der Waals surface area contributed by atoms with Crippen LogP contribution in [0.25, 0.3) is 0 Å². The second kappa shape index (κ2) is 10.7. The lowest BCUT2D eigenvalue weighted by atomic mass is 9.96. The molecule has 4 N–H and O–H groups in total. The van der Waals surface area contributed by atoms with Crippen molar-refractivity contribution in [2.45, 2.75) is 39.7 Å². The molecule has 0 bridgehead atoms. The highest BCUT2D eigenvalue weighted by Gasteiger charge is 2.15. The molecule has 0 aromatic heterocycles. The molecule has 1 aliphatic rings. The normalized spacial score (nSPS) is 17.6. The molecule has 0 saturated carbocycles. The van der Waals surface area contributed by atoms with Gasteiger partial charge in [-0.05, 0) is 50.0 Å². The Morgan fingerprint density at radius 1 is 1.29 bits per heavy atom. The highest BCUT2D eigenvalue weighted by molar-refractivity contribution is 6.10. The Labute approximate surface area is 168 Å². The van der Waals surface area contributed by atoms with E-state index in [1.54, 1.807) is 19.9 Å². The maximum absolute atomic E-state index is 9.79. The number of hydrogen-bond acceptors (Lipinski definition) is 6. The highest BCUT2D eigenvalue weighted by atomic mass is 16.4. The van der Waals surface area contributed by atoms with Crippen molar-refractivity contribution in [1.82, 2.24) is 10.2 Å². The first kappa shape index (κ1) is 23.4. The van der Waals surface area contributed by atoms with Gasteiger partial charge in [-0.3, -0.25) is 0 Å². The first-order valence-corrected chi connectivity index (χ1v) is 9.48. The van der Waals surface area contributed by atoms with E-state index in [0.29, 0.717) is 24.4 Å². The maximum atomic E-state index is 9.79. The molecule has 0 spiro atoms. The Hall–Kier alpha value is -2.60. The van der Waals surface area contributed by atoms with Crippen molar-refractivity contribution in [1.29, 1.82) is 5.41 Å². The van der Waals surface area contributed by atoms with E-state index < -0.39 is 5.60 Å². The van der Waals surface area contributed by atoms with Crippen molar-refractivity contribution < 1.29 is 10.3 Å². The van der Waals surface area contributed by atoms with Crippen molar-refractivity contribution in [2.75, 3.05) is 20.6 Å². The summed E-state index contributed by atoms with van der Waals surface area (Å²) in [6.45, 7) is 8.11. The largest absolute Gasteiger partial charge is 0.411 e. The minimum absolute atomic E-state index is 0.144. The van der Waals surface area contributed by atoms with Crippen molar-refractivity contribution >= 4 is 11.4 Å². The first-order valence-electron chi connectivity index (χ1n) is 9.48. The van der Waals surface area contributed by atoms with Crippen LogP contribution in [0.1, 0.15) is 34.1 Å². The molecule has 6 nitrogen and oxygen atoms in total. The molecule has 154 valence electrons. The fourth-order valence-corrected chi connectivity index (χ4v) is 2.48. The number of aliphatic hydroxyl groups is 1. The Bertz CT molecular complexity index is 730. The average molecular weight is 387 g/mol. The second-order valence-corrected chi connectivity index (χ2v) is 7.95. The van der Waals surface area contributed by atoms with Gasteiger partial charge in [-0.1, -0.05) is 37.2 Å². The van der Waals surface area contributed by atoms with Crippen LogP contribution >= 0.6 is 0 Å². The third-order valence-corrected chi connectivity index (χ3v) is 4.18. The van der Waals surface area contributed by atoms with Gasteiger partial charge < -0.3 is 25.9 Å². The Balaban J connectivity index is 2.97. The molecule has 0 saturated heterocycles. The zero-order valence-corrected chi connectivity index (χ0v) is 17.8. The monoisotopic (exact) mass is 386 g/mol. The SMILES string of the molecule is CC(C)C(/C=C\C=C\C1=CC(=C/NCCC(C)(C)O)/C(=N)C=C1N(C)C)=N\O. The number of nitrogens with zero attached hydrogens (tertiary/aromatic N) is 2. The predicted octanol–water partition coefficient (Wildman–Crippen LogP) is 3.62. The minimum atomic E-state index is -0.716. The Morgan fingerprint density at radius 3 is 2.50 bits per heavy atom. The summed E-state index contributed by atoms with van der Waals surface area (Å²) in [6, 6.07) is 0. The van der Waals surface area contributed by atoms with Crippen LogP contribution in [0, 0.1) is 11.3 Å². The maximum Gasteiger partial charge on any atom is 0.0821 e. The molecule has 1 rings (SSSR count). The summed E-state index contributed by atoms with van der Waals surface area (Å²) < 4.78 is 0. The van der Waals surface area contributed by atoms with E-state index in [-0.39, 0.29) is 5.92 Å². The molecule has 0 heterocycles. The molecule has 1 aliphatic carbocycles. The molecule has 28 heavy (non-hydrogen) atoms. The van der Waals surface area contributed by atoms with Gasteiger partial charge in [-0.15, -0.1) is 0 Å². The van der Waals surface area contributed by atoms with E-state index >= 15 is 0 Å². The van der Waals surface area contributed by atoms with Gasteiger partial charge in [0.1, 0.15) is 0 Å². The molecule has 0 aromatic rings. The van der Waals surface area contributed by atoms with E-state index in [4.69, 9.17) is 10.6 Å². The minimum Gasteiger partial charge on any atom is -0.411 e. The lowest BCUT2D eigenvalue weighted by Crippen LogP contribution is -2.25. The molecule has 0 atom stereocenters. The fourth-order valence-electron chi connectivity index (χ4n) is 2.48. The van der Waals surface area contributed by atoms with Crippen LogP contribution in [-0.2, 0) is 0 Å². The third kappa shape index (κ3) is 7.96. The van der Waals surface area contributed by atoms with Crippen LogP contribution < -0.4 is 5.32 Å². The number of allylic oxidation sites excluding steroid dienone is 7. The summed E-state index contributed by atoms with van der Waals surface area (Å²) in [6.07, 6.45) is 13.7. The van der Waals surface area contributed by atoms with Crippen LogP contribution in [0.4, 0.5) is 0 Å². The van der Waals surface area contributed by atoms with Gasteiger partial charge in [-0.25, -0.2) is 0 Å². The first-order chi connectivity index (χ1) is 13.0. The van der Waals surface area contributed by atoms with Crippen molar-refractivity contribution in [3.05, 3.63) is 59.5 Å². The van der Waals surface area contributed by atoms with Gasteiger partial charge in [0.25, 0.3) is 0 Å². The van der Waals surface area contributed by atoms with E-state index in [0.717, 1.165) is 16.8 Å². The number of likely N-dealkylation sites (N-methyl/N-ethyl adjacent to an activating group) is 1. The van der Waals surface area contributed by atoms with Crippen molar-refractivity contribution in [3.63, 3.8) is 0 Å². The van der Waals surface area contributed by atoms with Crippen LogP contribution in [0.15, 0.2) is 64.7 Å². The van der Waals surface area contributed by atoms with E-state index in [1.807, 2.05) is 69.4 Å². The average Bonchev–Trinajstić information content (AvgIpc) is 2.59. The van der Waals surface area contributed by atoms with Crippen molar-refractivity contribution in [2.24, 2.45) is 11.1 Å². The topological polar surface area (TPSA) is 91.9 Å². The third-order valence-electron chi connectivity index (χ3n) is 4.18. The number of nitrogens with one attached hydrogen (secondary N) is 2. The Kier molecular flexibility index (Phi) is 8.92. The summed E-state index contributed by atoms with van der Waals surface area (Å²) >= 11 is 0. The summed E-state index contributed by atoms with van der Waals surface area (Å²) in [5, 5.41) is 33.5. The smallest absolute Gasteiger partial charge is 0.0821 e. The quantitative estimate of drug-likeness (QED) is 0.160. The van der Waals surface area contributed by atoms with Gasteiger partial charge >= 0.3 is 0 Å². The summed E-state index contributed by atoms with van der Waals surface area (Å²) in [5.41, 5.74) is 3.04. The van der Waals surface area contributed by atoms with Gasteiger partial charge in [0.05, 0.1) is 17.0 Å². The lowest BCUT2D eigenvalue weighted by Gasteiger charge is -2.23. The Morgan fingerprint density at radius 2 is 1.96 bits per heavy atom. The highest BCUT2D eigenvalue weighted by Crippen LogP contribution is 2.23. The van der Waals surface area contributed by atoms with Crippen LogP contribution in [0.2, 0.25) is 0 Å². The predicted molar refractivity (Wildman–Crippen MR) is 117 cm³/mol. The zero-order chi connectivity index (χ0) is 21.3. The van der Waals surface area contributed by atoms with Crippen LogP contribution in [0.5, 0.6) is 0 Å². The summed E-state index contributed by atoms with van der Waals surface area (Å²) in [7, 11) is 3.89. The lowest BCUT2D eigenvalue weighted by molar-refractivity contribution is 0.0721. The zero-order valence-electron chi connectivity index (χ0n) is 17.8. The second-order valence-electron chi connectivity index (χ2n) is 7.95.